The number of H-pyrrole nitrogens is 1. The number of thiazole rings is 1. The molecular weight excluding hydrogens is 342 g/mol. The van der Waals surface area contributed by atoms with Gasteiger partial charge in [-0.25, -0.2) is 4.98 Å². The standard InChI is InChI=1S/C21H23N3OS/c25-21(24-11-3-5-14-4-1-2-6-19(14)24)18-13-26-20(23-18)16-7-8-17-15(12-16)9-10-22-17/h7-10,12-14,19,22H,1-6,11H2. The van der Waals surface area contributed by atoms with Gasteiger partial charge in [0.05, 0.1) is 0 Å². The molecule has 0 bridgehead atoms. The summed E-state index contributed by atoms with van der Waals surface area (Å²) in [6.07, 6.45) is 9.39. The number of carbonyl (C=O) groups excluding carboxylic acids is 1. The van der Waals surface area contributed by atoms with Gasteiger partial charge in [0, 0.05) is 40.6 Å². The van der Waals surface area contributed by atoms with Gasteiger partial charge in [-0.05, 0) is 55.9 Å². The van der Waals surface area contributed by atoms with Crippen molar-refractivity contribution in [3.63, 3.8) is 0 Å². The summed E-state index contributed by atoms with van der Waals surface area (Å²) in [7, 11) is 0. The van der Waals surface area contributed by atoms with Crippen molar-refractivity contribution in [2.45, 2.75) is 44.6 Å². The van der Waals surface area contributed by atoms with Gasteiger partial charge in [-0.2, -0.15) is 0 Å². The van der Waals surface area contributed by atoms with Crippen LogP contribution in [0, 0.1) is 5.92 Å². The van der Waals surface area contributed by atoms with Gasteiger partial charge in [0.15, 0.2) is 0 Å². The van der Waals surface area contributed by atoms with Crippen LogP contribution in [0.4, 0.5) is 0 Å². The summed E-state index contributed by atoms with van der Waals surface area (Å²) < 4.78 is 0. The highest BCUT2D eigenvalue weighted by molar-refractivity contribution is 7.13. The molecule has 1 saturated carbocycles. The van der Waals surface area contributed by atoms with E-state index in [1.54, 1.807) is 11.3 Å². The summed E-state index contributed by atoms with van der Waals surface area (Å²) in [6.45, 7) is 0.891. The molecule has 5 heteroatoms. The second-order valence-corrected chi connectivity index (χ2v) is 8.43. The number of nitrogens with zero attached hydrogens (tertiary/aromatic N) is 2. The average Bonchev–Trinajstić information content (AvgIpc) is 3.35. The normalized spacial score (nSPS) is 23.2. The Kier molecular flexibility index (Phi) is 4.04. The fourth-order valence-electron chi connectivity index (χ4n) is 4.71. The van der Waals surface area contributed by atoms with E-state index in [4.69, 9.17) is 4.98 Å². The number of benzene rings is 1. The van der Waals surface area contributed by atoms with Crippen LogP contribution in [0.2, 0.25) is 0 Å². The van der Waals surface area contributed by atoms with Crippen LogP contribution in [0.1, 0.15) is 49.0 Å². The molecule has 134 valence electrons. The summed E-state index contributed by atoms with van der Waals surface area (Å²) in [5.74, 6) is 0.836. The molecule has 1 aromatic carbocycles. The summed E-state index contributed by atoms with van der Waals surface area (Å²) in [6, 6.07) is 8.78. The third kappa shape index (κ3) is 2.75. The first-order chi connectivity index (χ1) is 12.8. The van der Waals surface area contributed by atoms with Crippen LogP contribution in [0.25, 0.3) is 21.5 Å². The third-order valence-electron chi connectivity index (χ3n) is 6.03. The quantitative estimate of drug-likeness (QED) is 0.688. The number of piperidine rings is 1. The molecule has 2 aliphatic rings. The minimum absolute atomic E-state index is 0.131. The first kappa shape index (κ1) is 16.1. The number of hydrogen-bond acceptors (Lipinski definition) is 3. The molecule has 26 heavy (non-hydrogen) atoms. The lowest BCUT2D eigenvalue weighted by molar-refractivity contribution is 0.0386. The van der Waals surface area contributed by atoms with Crippen molar-refractivity contribution in [1.82, 2.24) is 14.9 Å². The van der Waals surface area contributed by atoms with Crippen molar-refractivity contribution in [3.8, 4) is 10.6 Å². The van der Waals surface area contributed by atoms with Gasteiger partial charge >= 0.3 is 0 Å². The first-order valence-electron chi connectivity index (χ1n) is 9.63. The molecule has 4 nitrogen and oxygen atoms in total. The Morgan fingerprint density at radius 1 is 1.15 bits per heavy atom. The van der Waals surface area contributed by atoms with Crippen molar-refractivity contribution in [1.29, 1.82) is 0 Å². The van der Waals surface area contributed by atoms with Crippen LogP contribution in [0.3, 0.4) is 0 Å². The number of aromatic nitrogens is 2. The molecule has 1 N–H and O–H groups in total. The van der Waals surface area contributed by atoms with E-state index < -0.39 is 0 Å². The molecule has 3 heterocycles. The van der Waals surface area contributed by atoms with E-state index in [-0.39, 0.29) is 5.91 Å². The summed E-state index contributed by atoms with van der Waals surface area (Å²) in [4.78, 5) is 23.2. The molecule has 0 radical (unpaired) electrons. The number of likely N-dealkylation sites (tertiary alicyclic amines) is 1. The second-order valence-electron chi connectivity index (χ2n) is 7.57. The molecule has 1 amide bonds. The summed E-state index contributed by atoms with van der Waals surface area (Å²) in [5.41, 5.74) is 2.82. The number of fused-ring (bicyclic) bond motifs is 2. The zero-order valence-corrected chi connectivity index (χ0v) is 15.6. The van der Waals surface area contributed by atoms with Crippen molar-refractivity contribution >= 4 is 28.1 Å². The average molecular weight is 366 g/mol. The van der Waals surface area contributed by atoms with Crippen LogP contribution in [0.5, 0.6) is 0 Å². The van der Waals surface area contributed by atoms with Gasteiger partial charge < -0.3 is 9.88 Å². The lowest BCUT2D eigenvalue weighted by Gasteiger charge is -2.43. The Hall–Kier alpha value is -2.14. The Balaban J connectivity index is 1.41. The molecule has 1 aliphatic heterocycles. The third-order valence-corrected chi connectivity index (χ3v) is 6.92. The Bertz CT molecular complexity index is 942. The smallest absolute Gasteiger partial charge is 0.273 e. The maximum Gasteiger partial charge on any atom is 0.273 e. The molecule has 0 spiro atoms. The summed E-state index contributed by atoms with van der Waals surface area (Å²) >= 11 is 1.57. The number of carbonyl (C=O) groups is 1. The van der Waals surface area contributed by atoms with Gasteiger partial charge in [0.2, 0.25) is 0 Å². The van der Waals surface area contributed by atoms with E-state index >= 15 is 0 Å². The maximum atomic E-state index is 13.1. The van der Waals surface area contributed by atoms with Crippen LogP contribution in [-0.2, 0) is 0 Å². The zero-order valence-electron chi connectivity index (χ0n) is 14.8. The van der Waals surface area contributed by atoms with Crippen molar-refractivity contribution in [2.75, 3.05) is 6.54 Å². The Morgan fingerprint density at radius 2 is 2.04 bits per heavy atom. The number of hydrogen-bond donors (Lipinski definition) is 1. The van der Waals surface area contributed by atoms with Gasteiger partial charge in [-0.1, -0.05) is 12.8 Å². The van der Waals surface area contributed by atoms with E-state index in [1.165, 1.54) is 31.1 Å². The van der Waals surface area contributed by atoms with E-state index in [0.29, 0.717) is 17.7 Å². The minimum atomic E-state index is 0.131. The van der Waals surface area contributed by atoms with Crippen LogP contribution < -0.4 is 0 Å². The van der Waals surface area contributed by atoms with Crippen LogP contribution in [0.15, 0.2) is 35.8 Å². The van der Waals surface area contributed by atoms with Gasteiger partial charge in [-0.15, -0.1) is 11.3 Å². The first-order valence-corrected chi connectivity index (χ1v) is 10.5. The molecule has 3 aromatic rings. The fraction of sp³-hybridized carbons (Fsp3) is 0.429. The zero-order chi connectivity index (χ0) is 17.5. The molecule has 2 fully saturated rings. The maximum absolute atomic E-state index is 13.1. The fourth-order valence-corrected chi connectivity index (χ4v) is 5.51. The SMILES string of the molecule is O=C(c1csc(-c2ccc3[nH]ccc3c2)n1)N1CCCC2CCCCC21. The molecule has 2 unspecified atom stereocenters. The van der Waals surface area contributed by atoms with E-state index in [0.717, 1.165) is 35.5 Å². The van der Waals surface area contributed by atoms with Crippen LogP contribution in [-0.4, -0.2) is 33.4 Å². The highest BCUT2D eigenvalue weighted by Gasteiger charge is 2.36. The predicted molar refractivity (Wildman–Crippen MR) is 105 cm³/mol. The molecule has 1 aliphatic carbocycles. The lowest BCUT2D eigenvalue weighted by Crippen LogP contribution is -2.49. The number of aromatic amines is 1. The van der Waals surface area contributed by atoms with Gasteiger partial charge in [0.1, 0.15) is 10.7 Å². The van der Waals surface area contributed by atoms with Crippen molar-refractivity contribution < 1.29 is 4.79 Å². The lowest BCUT2D eigenvalue weighted by atomic mass is 9.78. The topological polar surface area (TPSA) is 49.0 Å². The largest absolute Gasteiger partial charge is 0.361 e. The van der Waals surface area contributed by atoms with Gasteiger partial charge in [0.25, 0.3) is 5.91 Å². The van der Waals surface area contributed by atoms with Crippen LogP contribution >= 0.6 is 11.3 Å². The van der Waals surface area contributed by atoms with E-state index in [2.05, 4.69) is 34.1 Å². The number of nitrogens with one attached hydrogen (secondary N) is 1. The van der Waals surface area contributed by atoms with Gasteiger partial charge in [-0.3, -0.25) is 4.79 Å². The molecule has 1 saturated heterocycles. The number of rotatable bonds is 2. The second kappa shape index (κ2) is 6.54. The van der Waals surface area contributed by atoms with Crippen molar-refractivity contribution in [3.05, 3.63) is 41.5 Å². The molecule has 2 atom stereocenters. The highest BCUT2D eigenvalue weighted by atomic mass is 32.1. The van der Waals surface area contributed by atoms with E-state index in [1.807, 2.05) is 11.6 Å². The molecule has 5 rings (SSSR count). The highest BCUT2D eigenvalue weighted by Crippen LogP contribution is 2.36. The Morgan fingerprint density at radius 3 is 3.00 bits per heavy atom. The minimum Gasteiger partial charge on any atom is -0.361 e. The predicted octanol–water partition coefficient (Wildman–Crippen LogP) is 5.09. The molecular formula is C21H23N3OS. The van der Waals surface area contributed by atoms with Crippen molar-refractivity contribution in [2.24, 2.45) is 5.92 Å². The summed E-state index contributed by atoms with van der Waals surface area (Å²) in [5, 5.41) is 4.03. The number of amides is 1. The van der Waals surface area contributed by atoms with E-state index in [9.17, 15) is 4.79 Å². The monoisotopic (exact) mass is 365 g/mol. The Labute approximate surface area is 157 Å². The molecule has 2 aromatic heterocycles.